The summed E-state index contributed by atoms with van der Waals surface area (Å²) in [6.45, 7) is 4.08. The Labute approximate surface area is 98.2 Å². The molecule has 0 amide bonds. The molecule has 0 spiro atoms. The molecule has 94 valence electrons. The standard InChI is InChI=1S/C13H24O3/c1-9-4-6-11(7-5-9)12(14)8-10(2)13(15)16-3/h9-12,14H,4-8H2,1-3H3. The number of aliphatic hydroxyl groups is 1. The van der Waals surface area contributed by atoms with Gasteiger partial charge in [0.15, 0.2) is 0 Å². The molecule has 1 N–H and O–H groups in total. The summed E-state index contributed by atoms with van der Waals surface area (Å²) >= 11 is 0. The van der Waals surface area contributed by atoms with Crippen molar-refractivity contribution < 1.29 is 14.6 Å². The molecule has 0 aliphatic heterocycles. The number of hydrogen-bond donors (Lipinski definition) is 1. The lowest BCUT2D eigenvalue weighted by Crippen LogP contribution is -2.29. The van der Waals surface area contributed by atoms with Gasteiger partial charge in [0.2, 0.25) is 0 Å². The van der Waals surface area contributed by atoms with Crippen molar-refractivity contribution >= 4 is 5.97 Å². The highest BCUT2D eigenvalue weighted by molar-refractivity contribution is 5.71. The molecular weight excluding hydrogens is 204 g/mol. The van der Waals surface area contributed by atoms with Crippen molar-refractivity contribution in [3.8, 4) is 0 Å². The quantitative estimate of drug-likeness (QED) is 0.751. The summed E-state index contributed by atoms with van der Waals surface area (Å²) in [6, 6.07) is 0. The number of methoxy groups -OCH3 is 1. The van der Waals surface area contributed by atoms with Gasteiger partial charge in [0.25, 0.3) is 0 Å². The Hall–Kier alpha value is -0.570. The van der Waals surface area contributed by atoms with E-state index >= 15 is 0 Å². The smallest absolute Gasteiger partial charge is 0.308 e. The maximum absolute atomic E-state index is 11.2. The van der Waals surface area contributed by atoms with Crippen molar-refractivity contribution in [3.05, 3.63) is 0 Å². The first kappa shape index (κ1) is 13.5. The molecule has 16 heavy (non-hydrogen) atoms. The summed E-state index contributed by atoms with van der Waals surface area (Å²) in [5.41, 5.74) is 0. The van der Waals surface area contributed by atoms with Gasteiger partial charge in [-0.1, -0.05) is 26.7 Å². The summed E-state index contributed by atoms with van der Waals surface area (Å²) in [5, 5.41) is 10.1. The number of rotatable bonds is 4. The summed E-state index contributed by atoms with van der Waals surface area (Å²) in [6.07, 6.45) is 4.78. The number of hydrogen-bond acceptors (Lipinski definition) is 3. The molecule has 2 atom stereocenters. The van der Waals surface area contributed by atoms with Crippen molar-refractivity contribution in [1.29, 1.82) is 0 Å². The SMILES string of the molecule is COC(=O)C(C)CC(O)C1CCC(C)CC1. The van der Waals surface area contributed by atoms with E-state index in [0.29, 0.717) is 12.3 Å². The molecule has 1 aliphatic carbocycles. The zero-order valence-corrected chi connectivity index (χ0v) is 10.6. The highest BCUT2D eigenvalue weighted by atomic mass is 16.5. The van der Waals surface area contributed by atoms with E-state index in [1.807, 2.05) is 6.92 Å². The van der Waals surface area contributed by atoms with Crippen LogP contribution < -0.4 is 0 Å². The van der Waals surface area contributed by atoms with E-state index in [-0.39, 0.29) is 18.0 Å². The Balaban J connectivity index is 2.34. The fraction of sp³-hybridized carbons (Fsp3) is 0.923. The molecule has 3 heteroatoms. The van der Waals surface area contributed by atoms with Gasteiger partial charge in [0.05, 0.1) is 19.1 Å². The van der Waals surface area contributed by atoms with Crippen LogP contribution in [-0.2, 0) is 9.53 Å². The Kier molecular flexibility index (Phi) is 5.26. The minimum absolute atomic E-state index is 0.195. The first-order chi connectivity index (χ1) is 7.54. The van der Waals surface area contributed by atoms with Crippen molar-refractivity contribution in [1.82, 2.24) is 0 Å². The Morgan fingerprint density at radius 1 is 1.38 bits per heavy atom. The molecule has 0 bridgehead atoms. The third kappa shape index (κ3) is 3.78. The van der Waals surface area contributed by atoms with Crippen LogP contribution in [0.2, 0.25) is 0 Å². The second-order valence-corrected chi connectivity index (χ2v) is 5.25. The first-order valence-corrected chi connectivity index (χ1v) is 6.30. The normalized spacial score (nSPS) is 29.5. The van der Waals surface area contributed by atoms with Crippen LogP contribution in [0.15, 0.2) is 0 Å². The molecule has 2 unspecified atom stereocenters. The Morgan fingerprint density at radius 3 is 2.44 bits per heavy atom. The molecule has 1 rings (SSSR count). The monoisotopic (exact) mass is 228 g/mol. The highest BCUT2D eigenvalue weighted by Gasteiger charge is 2.27. The van der Waals surface area contributed by atoms with Crippen LogP contribution >= 0.6 is 0 Å². The summed E-state index contributed by atoms with van der Waals surface area (Å²) in [4.78, 5) is 11.2. The van der Waals surface area contributed by atoms with Crippen LogP contribution in [0, 0.1) is 17.8 Å². The second kappa shape index (κ2) is 6.24. The summed E-state index contributed by atoms with van der Waals surface area (Å²) in [7, 11) is 1.40. The fourth-order valence-electron chi connectivity index (χ4n) is 2.52. The van der Waals surface area contributed by atoms with Gasteiger partial charge in [-0.15, -0.1) is 0 Å². The molecule has 0 aromatic heterocycles. The van der Waals surface area contributed by atoms with Gasteiger partial charge in [-0.3, -0.25) is 4.79 Å². The maximum Gasteiger partial charge on any atom is 0.308 e. The molecule has 0 aromatic carbocycles. The Morgan fingerprint density at radius 2 is 1.94 bits per heavy atom. The van der Waals surface area contributed by atoms with Crippen LogP contribution in [0.4, 0.5) is 0 Å². The number of esters is 1. The third-order valence-corrected chi connectivity index (χ3v) is 3.80. The highest BCUT2D eigenvalue weighted by Crippen LogP contribution is 2.32. The van der Waals surface area contributed by atoms with E-state index in [1.54, 1.807) is 0 Å². The van der Waals surface area contributed by atoms with E-state index in [9.17, 15) is 9.90 Å². The van der Waals surface area contributed by atoms with Crippen LogP contribution in [-0.4, -0.2) is 24.3 Å². The van der Waals surface area contributed by atoms with Gasteiger partial charge in [-0.05, 0) is 31.1 Å². The topological polar surface area (TPSA) is 46.5 Å². The van der Waals surface area contributed by atoms with E-state index in [1.165, 1.54) is 20.0 Å². The van der Waals surface area contributed by atoms with Crippen molar-refractivity contribution in [2.75, 3.05) is 7.11 Å². The van der Waals surface area contributed by atoms with Gasteiger partial charge >= 0.3 is 5.97 Å². The number of carbonyl (C=O) groups is 1. The molecule has 0 heterocycles. The summed E-state index contributed by atoms with van der Waals surface area (Å²) in [5.74, 6) is 0.757. The summed E-state index contributed by atoms with van der Waals surface area (Å²) < 4.78 is 4.67. The largest absolute Gasteiger partial charge is 0.469 e. The van der Waals surface area contributed by atoms with Gasteiger partial charge < -0.3 is 9.84 Å². The van der Waals surface area contributed by atoms with Crippen LogP contribution in [0.3, 0.4) is 0 Å². The number of aliphatic hydroxyl groups excluding tert-OH is 1. The Bertz CT molecular complexity index is 219. The van der Waals surface area contributed by atoms with Crippen LogP contribution in [0.1, 0.15) is 46.0 Å². The lowest BCUT2D eigenvalue weighted by Gasteiger charge is -2.30. The second-order valence-electron chi connectivity index (χ2n) is 5.25. The van der Waals surface area contributed by atoms with E-state index in [4.69, 9.17) is 0 Å². The minimum Gasteiger partial charge on any atom is -0.469 e. The molecule has 3 nitrogen and oxygen atoms in total. The predicted octanol–water partition coefficient (Wildman–Crippen LogP) is 2.37. The fourth-order valence-corrected chi connectivity index (χ4v) is 2.52. The predicted molar refractivity (Wildman–Crippen MR) is 62.9 cm³/mol. The van der Waals surface area contributed by atoms with Crippen molar-refractivity contribution in [3.63, 3.8) is 0 Å². The number of ether oxygens (including phenoxy) is 1. The van der Waals surface area contributed by atoms with Gasteiger partial charge in [-0.25, -0.2) is 0 Å². The lowest BCUT2D eigenvalue weighted by molar-refractivity contribution is -0.146. The van der Waals surface area contributed by atoms with Crippen LogP contribution in [0.25, 0.3) is 0 Å². The van der Waals surface area contributed by atoms with Gasteiger partial charge in [0.1, 0.15) is 0 Å². The molecule has 1 fully saturated rings. The van der Waals surface area contributed by atoms with Gasteiger partial charge in [-0.2, -0.15) is 0 Å². The zero-order valence-electron chi connectivity index (χ0n) is 10.6. The molecule has 1 saturated carbocycles. The average Bonchev–Trinajstić information content (AvgIpc) is 2.28. The van der Waals surface area contributed by atoms with Gasteiger partial charge in [0, 0.05) is 0 Å². The molecule has 1 aliphatic rings. The molecular formula is C13H24O3. The minimum atomic E-state index is -0.346. The first-order valence-electron chi connectivity index (χ1n) is 6.30. The molecule has 0 radical (unpaired) electrons. The average molecular weight is 228 g/mol. The van der Waals surface area contributed by atoms with E-state index in [0.717, 1.165) is 18.8 Å². The molecule has 0 saturated heterocycles. The van der Waals surface area contributed by atoms with Crippen molar-refractivity contribution in [2.45, 2.75) is 52.1 Å². The maximum atomic E-state index is 11.2. The van der Waals surface area contributed by atoms with E-state index in [2.05, 4.69) is 11.7 Å². The zero-order chi connectivity index (χ0) is 12.1. The van der Waals surface area contributed by atoms with Crippen LogP contribution in [0.5, 0.6) is 0 Å². The lowest BCUT2D eigenvalue weighted by atomic mass is 9.78. The molecule has 0 aromatic rings. The third-order valence-electron chi connectivity index (χ3n) is 3.80. The van der Waals surface area contributed by atoms with Crippen molar-refractivity contribution in [2.24, 2.45) is 17.8 Å². The van der Waals surface area contributed by atoms with E-state index < -0.39 is 0 Å². The number of carbonyl (C=O) groups excluding carboxylic acids is 1.